The van der Waals surface area contributed by atoms with Crippen molar-refractivity contribution in [2.24, 2.45) is 5.92 Å². The van der Waals surface area contributed by atoms with E-state index in [0.29, 0.717) is 42.2 Å². The summed E-state index contributed by atoms with van der Waals surface area (Å²) in [5.41, 5.74) is 7.01. The largest absolute Gasteiger partial charge is 0.395 e. The Morgan fingerprint density at radius 1 is 1.20 bits per heavy atom. The number of carbonyl (C=O) groups is 1. The van der Waals surface area contributed by atoms with E-state index in [2.05, 4.69) is 34.8 Å². The number of halogens is 1. The molecule has 1 atom stereocenters. The Kier molecular flexibility index (Phi) is 7.07. The number of rotatable bonds is 6. The highest BCUT2D eigenvalue weighted by molar-refractivity contribution is 9.10. The molecule has 212 valence electrons. The molecule has 9 nitrogen and oxygen atoms in total. The molecule has 0 fully saturated rings. The minimum atomic E-state index is -0.167. The number of amides is 1. The molecule has 2 aromatic carbocycles. The van der Waals surface area contributed by atoms with Gasteiger partial charge < -0.3 is 14.6 Å². The van der Waals surface area contributed by atoms with Gasteiger partial charge in [0.15, 0.2) is 0 Å². The summed E-state index contributed by atoms with van der Waals surface area (Å²) in [6.45, 7) is 9.02. The van der Waals surface area contributed by atoms with Gasteiger partial charge in [-0.1, -0.05) is 29.8 Å². The first-order chi connectivity index (χ1) is 19.7. The number of fused-ring (bicyclic) bond motifs is 4. The number of aliphatic hydroxyl groups is 1. The van der Waals surface area contributed by atoms with Gasteiger partial charge in [0.2, 0.25) is 0 Å². The van der Waals surface area contributed by atoms with Gasteiger partial charge >= 0.3 is 0 Å². The zero-order valence-corrected chi connectivity index (χ0v) is 25.2. The van der Waals surface area contributed by atoms with Crippen molar-refractivity contribution in [3.8, 4) is 5.69 Å². The quantitative estimate of drug-likeness (QED) is 0.299. The summed E-state index contributed by atoms with van der Waals surface area (Å²) in [7, 11) is 0. The van der Waals surface area contributed by atoms with E-state index in [1.807, 2.05) is 70.4 Å². The zero-order chi connectivity index (χ0) is 29.0. The minimum Gasteiger partial charge on any atom is -0.395 e. The van der Waals surface area contributed by atoms with Crippen LogP contribution in [0, 0.1) is 12.8 Å². The summed E-state index contributed by atoms with van der Waals surface area (Å²) >= 11 is 3.52. The van der Waals surface area contributed by atoms with Crippen LogP contribution < -0.4 is 5.56 Å². The first-order valence-electron chi connectivity index (χ1n) is 13.9. The van der Waals surface area contributed by atoms with Crippen LogP contribution in [0.1, 0.15) is 53.5 Å². The molecule has 6 rings (SSSR count). The number of hydrogen-bond acceptors (Lipinski definition) is 5. The van der Waals surface area contributed by atoms with Gasteiger partial charge in [-0.15, -0.1) is 0 Å². The van der Waals surface area contributed by atoms with E-state index < -0.39 is 0 Å². The molecule has 41 heavy (non-hydrogen) atoms. The third kappa shape index (κ3) is 4.68. The molecule has 0 spiro atoms. The van der Waals surface area contributed by atoms with E-state index in [4.69, 9.17) is 5.10 Å². The highest BCUT2D eigenvalue weighted by atomic mass is 79.9. The third-order valence-electron chi connectivity index (χ3n) is 7.94. The molecule has 0 saturated heterocycles. The minimum absolute atomic E-state index is 0.0195. The maximum absolute atomic E-state index is 14.3. The van der Waals surface area contributed by atoms with Gasteiger partial charge in [-0.05, 0) is 74.6 Å². The Morgan fingerprint density at radius 3 is 2.73 bits per heavy atom. The monoisotopic (exact) mass is 616 g/mol. The molecule has 4 heterocycles. The van der Waals surface area contributed by atoms with E-state index in [1.54, 1.807) is 10.9 Å². The Bertz CT molecular complexity index is 1870. The van der Waals surface area contributed by atoms with Gasteiger partial charge in [-0.2, -0.15) is 5.10 Å². The molecule has 1 aliphatic rings. The SMILES string of the molecule is Cc1cc(C(=O)N2Cc3c(c(=O)n(-c4ccc5c(c4)ncn5CCO)c4c(CC(C)C)cnn34)C[C@@H]2C)ccc1Br. The first kappa shape index (κ1) is 27.4. The van der Waals surface area contributed by atoms with Crippen LogP contribution >= 0.6 is 15.9 Å². The predicted molar refractivity (Wildman–Crippen MR) is 162 cm³/mol. The van der Waals surface area contributed by atoms with Crippen LogP contribution in [0.4, 0.5) is 0 Å². The van der Waals surface area contributed by atoms with E-state index in [9.17, 15) is 14.7 Å². The van der Waals surface area contributed by atoms with Crippen molar-refractivity contribution in [1.29, 1.82) is 0 Å². The second-order valence-corrected chi connectivity index (χ2v) is 12.2. The van der Waals surface area contributed by atoms with E-state index in [-0.39, 0.29) is 24.1 Å². The van der Waals surface area contributed by atoms with Crippen molar-refractivity contribution >= 4 is 38.5 Å². The van der Waals surface area contributed by atoms with Gasteiger partial charge in [-0.25, -0.2) is 9.50 Å². The number of aryl methyl sites for hydroxylation is 1. The number of hydrogen-bond donors (Lipinski definition) is 1. The molecular formula is C31H33BrN6O3. The van der Waals surface area contributed by atoms with E-state index >= 15 is 0 Å². The molecule has 3 aromatic heterocycles. The number of imidazole rings is 1. The topological polar surface area (TPSA) is 97.7 Å². The third-order valence-corrected chi connectivity index (χ3v) is 8.83. The molecule has 1 aliphatic heterocycles. The van der Waals surface area contributed by atoms with Crippen LogP contribution in [0.15, 0.2) is 58.2 Å². The molecule has 0 bridgehead atoms. The average molecular weight is 618 g/mol. The Balaban J connectivity index is 1.51. The zero-order valence-electron chi connectivity index (χ0n) is 23.6. The van der Waals surface area contributed by atoms with Crippen LogP contribution in [-0.2, 0) is 25.9 Å². The molecule has 0 saturated carbocycles. The van der Waals surface area contributed by atoms with Crippen molar-refractivity contribution in [3.63, 3.8) is 0 Å². The second kappa shape index (κ2) is 10.6. The number of carbonyl (C=O) groups excluding carboxylic acids is 1. The number of benzene rings is 2. The van der Waals surface area contributed by atoms with Crippen LogP contribution in [0.5, 0.6) is 0 Å². The molecule has 0 aliphatic carbocycles. The molecule has 0 unspecified atom stereocenters. The van der Waals surface area contributed by atoms with Crippen molar-refractivity contribution < 1.29 is 9.90 Å². The fourth-order valence-corrected chi connectivity index (χ4v) is 6.15. The molecular weight excluding hydrogens is 584 g/mol. The molecule has 5 aromatic rings. The van der Waals surface area contributed by atoms with Gasteiger partial charge in [0.05, 0.1) is 48.1 Å². The summed E-state index contributed by atoms with van der Waals surface area (Å²) < 4.78 is 6.48. The summed E-state index contributed by atoms with van der Waals surface area (Å²) in [6, 6.07) is 11.3. The smallest absolute Gasteiger partial charge is 0.261 e. The van der Waals surface area contributed by atoms with E-state index in [0.717, 1.165) is 44.4 Å². The summed E-state index contributed by atoms with van der Waals surface area (Å²) in [5.74, 6) is 0.299. The Hall–Kier alpha value is -3.76. The van der Waals surface area contributed by atoms with Crippen molar-refractivity contribution in [2.45, 2.75) is 59.7 Å². The highest BCUT2D eigenvalue weighted by Gasteiger charge is 2.33. The number of aromatic nitrogens is 5. The van der Waals surface area contributed by atoms with Crippen molar-refractivity contribution in [1.82, 2.24) is 28.6 Å². The van der Waals surface area contributed by atoms with Gasteiger partial charge in [0.1, 0.15) is 5.65 Å². The van der Waals surface area contributed by atoms with Crippen molar-refractivity contribution in [2.75, 3.05) is 6.61 Å². The number of aliphatic hydroxyl groups excluding tert-OH is 1. The predicted octanol–water partition coefficient (Wildman–Crippen LogP) is 4.68. The molecule has 1 amide bonds. The summed E-state index contributed by atoms with van der Waals surface area (Å²) in [4.78, 5) is 34.4. The summed E-state index contributed by atoms with van der Waals surface area (Å²) in [5, 5.41) is 14.2. The Labute approximate surface area is 246 Å². The Morgan fingerprint density at radius 2 is 2.00 bits per heavy atom. The lowest BCUT2D eigenvalue weighted by Crippen LogP contribution is -2.46. The number of nitrogens with zero attached hydrogens (tertiary/aromatic N) is 6. The maximum atomic E-state index is 14.3. The van der Waals surface area contributed by atoms with Crippen LogP contribution in [0.3, 0.4) is 0 Å². The van der Waals surface area contributed by atoms with Gasteiger partial charge in [-0.3, -0.25) is 14.2 Å². The highest BCUT2D eigenvalue weighted by Crippen LogP contribution is 2.29. The van der Waals surface area contributed by atoms with Crippen molar-refractivity contribution in [3.05, 3.63) is 91.7 Å². The lowest BCUT2D eigenvalue weighted by Gasteiger charge is -2.35. The summed E-state index contributed by atoms with van der Waals surface area (Å²) in [6.07, 6.45) is 4.74. The van der Waals surface area contributed by atoms with Gasteiger partial charge in [0.25, 0.3) is 11.5 Å². The lowest BCUT2D eigenvalue weighted by atomic mass is 9.97. The first-order valence-corrected chi connectivity index (χ1v) is 14.7. The average Bonchev–Trinajstić information content (AvgIpc) is 3.54. The van der Waals surface area contributed by atoms with E-state index in [1.165, 1.54) is 0 Å². The lowest BCUT2D eigenvalue weighted by molar-refractivity contribution is 0.0651. The molecule has 1 N–H and O–H groups in total. The molecule has 10 heteroatoms. The van der Waals surface area contributed by atoms with Crippen LogP contribution in [-0.4, -0.2) is 52.3 Å². The van der Waals surface area contributed by atoms with Crippen LogP contribution in [0.25, 0.3) is 22.4 Å². The van der Waals surface area contributed by atoms with Gasteiger partial charge in [0, 0.05) is 33.7 Å². The second-order valence-electron chi connectivity index (χ2n) is 11.4. The fourth-order valence-electron chi connectivity index (χ4n) is 5.90. The molecule has 0 radical (unpaired) electrons. The normalized spacial score (nSPS) is 15.3. The fraction of sp³-hybridized carbons (Fsp3) is 0.355. The maximum Gasteiger partial charge on any atom is 0.261 e. The standard InChI is InChI=1S/C31H33BrN6O3/c1-18(2)11-22-15-34-38-28-16-36(30(40)21-5-7-25(32)19(3)12-21)20(4)13-24(28)31(41)37(29(22)38)23-6-8-27-26(14-23)33-17-35(27)9-10-39/h5-8,12,14-15,17-18,20,39H,9-11,13,16H2,1-4H3/t20-/m0/s1. The van der Waals surface area contributed by atoms with Crippen LogP contribution in [0.2, 0.25) is 0 Å².